The molecule has 1 fully saturated rings. The first-order chi connectivity index (χ1) is 10.5. The van der Waals surface area contributed by atoms with Gasteiger partial charge < -0.3 is 10.6 Å². The predicted octanol–water partition coefficient (Wildman–Crippen LogP) is 2.34. The summed E-state index contributed by atoms with van der Waals surface area (Å²) in [6.45, 7) is 2.62. The van der Waals surface area contributed by atoms with E-state index in [1.54, 1.807) is 31.2 Å². The van der Waals surface area contributed by atoms with Crippen molar-refractivity contribution in [1.29, 1.82) is 0 Å². The van der Waals surface area contributed by atoms with E-state index in [0.717, 1.165) is 19.4 Å². The molecule has 3 N–H and O–H groups in total. The highest BCUT2D eigenvalue weighted by atomic mass is 35.5. The van der Waals surface area contributed by atoms with Crippen LogP contribution in [-0.4, -0.2) is 32.7 Å². The van der Waals surface area contributed by atoms with Gasteiger partial charge in [-0.05, 0) is 57.0 Å². The van der Waals surface area contributed by atoms with Crippen molar-refractivity contribution in [2.45, 2.75) is 38.6 Å². The van der Waals surface area contributed by atoms with Crippen molar-refractivity contribution in [3.8, 4) is 0 Å². The van der Waals surface area contributed by atoms with E-state index < -0.39 is 10.0 Å². The maximum atomic E-state index is 11.9. The molecule has 0 bridgehead atoms. The first-order valence-electron chi connectivity index (χ1n) is 7.62. The normalized spacial score (nSPS) is 17.3. The molecule has 1 aliphatic rings. The second-order valence-corrected chi connectivity index (χ2v) is 7.47. The minimum absolute atomic E-state index is 0. The summed E-state index contributed by atoms with van der Waals surface area (Å²) in [5, 5.41) is 6.19. The first-order valence-corrected chi connectivity index (χ1v) is 9.27. The van der Waals surface area contributed by atoms with Gasteiger partial charge in [0.25, 0.3) is 0 Å². The van der Waals surface area contributed by atoms with Crippen molar-refractivity contribution in [2.24, 2.45) is 0 Å². The Morgan fingerprint density at radius 2 is 1.91 bits per heavy atom. The molecule has 23 heavy (non-hydrogen) atoms. The van der Waals surface area contributed by atoms with Crippen LogP contribution >= 0.6 is 12.4 Å². The number of rotatable bonds is 7. The molecule has 0 aromatic heterocycles. The highest BCUT2D eigenvalue weighted by Crippen LogP contribution is 2.16. The van der Waals surface area contributed by atoms with E-state index in [4.69, 9.17) is 0 Å². The molecule has 0 radical (unpaired) electrons. The van der Waals surface area contributed by atoms with E-state index in [1.807, 2.05) is 0 Å². The number of hydrogen-bond donors (Lipinski definition) is 3. The average Bonchev–Trinajstić information content (AvgIpc) is 3.00. The van der Waals surface area contributed by atoms with Gasteiger partial charge in [0.05, 0.1) is 5.75 Å². The molecule has 0 spiro atoms. The van der Waals surface area contributed by atoms with Crippen LogP contribution in [0.25, 0.3) is 0 Å². The van der Waals surface area contributed by atoms with Gasteiger partial charge in [-0.15, -0.1) is 12.4 Å². The molecule has 2 rings (SSSR count). The molecule has 1 amide bonds. The van der Waals surface area contributed by atoms with Crippen molar-refractivity contribution in [3.05, 3.63) is 24.3 Å². The number of nitrogens with one attached hydrogen (secondary N) is 3. The Morgan fingerprint density at radius 3 is 2.48 bits per heavy atom. The molecule has 8 heteroatoms. The Balaban J connectivity index is 0.00000264. The third-order valence-electron chi connectivity index (χ3n) is 3.70. The summed E-state index contributed by atoms with van der Waals surface area (Å²) in [5.74, 6) is 0.0105. The second-order valence-electron chi connectivity index (χ2n) is 5.46. The van der Waals surface area contributed by atoms with Crippen LogP contribution in [0.3, 0.4) is 0 Å². The fraction of sp³-hybridized carbons (Fsp3) is 0.533. The lowest BCUT2D eigenvalue weighted by Crippen LogP contribution is -2.23. The van der Waals surface area contributed by atoms with E-state index in [-0.39, 0.29) is 24.1 Å². The standard InChI is InChI=1S/C15H23N3O3S.ClH/c1-2-22(20,21)18-14-7-5-13(6-8-14)17-15(19)10-9-12-4-3-11-16-12;/h5-8,12,16,18H,2-4,9-11H2,1H3,(H,17,19);1H. The van der Waals surface area contributed by atoms with E-state index in [0.29, 0.717) is 23.8 Å². The molecule has 1 atom stereocenters. The number of carbonyl (C=O) groups is 1. The zero-order chi connectivity index (χ0) is 16.0. The minimum atomic E-state index is -3.27. The van der Waals surface area contributed by atoms with Crippen molar-refractivity contribution < 1.29 is 13.2 Å². The number of halogens is 1. The molecule has 1 aliphatic heterocycles. The number of carbonyl (C=O) groups excluding carboxylic acids is 1. The summed E-state index contributed by atoms with van der Waals surface area (Å²) in [4.78, 5) is 11.9. The number of benzene rings is 1. The Labute approximate surface area is 143 Å². The number of sulfonamides is 1. The number of amides is 1. The Morgan fingerprint density at radius 1 is 1.26 bits per heavy atom. The summed E-state index contributed by atoms with van der Waals surface area (Å²) >= 11 is 0. The van der Waals surface area contributed by atoms with Crippen molar-refractivity contribution in [1.82, 2.24) is 5.32 Å². The number of hydrogen-bond acceptors (Lipinski definition) is 4. The Bertz CT molecular complexity index is 599. The minimum Gasteiger partial charge on any atom is -0.326 e. The smallest absolute Gasteiger partial charge is 0.232 e. The number of anilines is 2. The van der Waals surface area contributed by atoms with Crippen molar-refractivity contribution >= 4 is 39.7 Å². The molecule has 1 aromatic carbocycles. The molecule has 1 saturated heterocycles. The van der Waals surface area contributed by atoms with Gasteiger partial charge in [-0.2, -0.15) is 0 Å². The SMILES string of the molecule is CCS(=O)(=O)Nc1ccc(NC(=O)CCC2CCCN2)cc1.Cl. The summed E-state index contributed by atoms with van der Waals surface area (Å²) in [7, 11) is -3.27. The maximum absolute atomic E-state index is 11.9. The molecule has 0 aliphatic carbocycles. The molecule has 1 heterocycles. The van der Waals surface area contributed by atoms with Crippen LogP contribution in [0.1, 0.15) is 32.6 Å². The predicted molar refractivity (Wildman–Crippen MR) is 95.7 cm³/mol. The van der Waals surface area contributed by atoms with E-state index in [2.05, 4.69) is 15.4 Å². The molecule has 1 aromatic rings. The molecular formula is C15H24ClN3O3S. The Kier molecular flexibility index (Phi) is 7.81. The van der Waals surface area contributed by atoms with Crippen LogP contribution in [0.2, 0.25) is 0 Å². The van der Waals surface area contributed by atoms with Gasteiger partial charge >= 0.3 is 0 Å². The third-order valence-corrected chi connectivity index (χ3v) is 5.01. The van der Waals surface area contributed by atoms with Crippen molar-refractivity contribution in [3.63, 3.8) is 0 Å². The van der Waals surface area contributed by atoms with Gasteiger partial charge in [-0.3, -0.25) is 9.52 Å². The lowest BCUT2D eigenvalue weighted by atomic mass is 10.1. The van der Waals surface area contributed by atoms with Gasteiger partial charge in [0, 0.05) is 23.8 Å². The van der Waals surface area contributed by atoms with E-state index in [9.17, 15) is 13.2 Å². The molecule has 130 valence electrons. The van der Waals surface area contributed by atoms with Gasteiger partial charge in [0.1, 0.15) is 0 Å². The fourth-order valence-corrected chi connectivity index (χ4v) is 3.04. The monoisotopic (exact) mass is 361 g/mol. The fourth-order valence-electron chi connectivity index (χ4n) is 2.41. The highest BCUT2D eigenvalue weighted by Gasteiger charge is 2.15. The van der Waals surface area contributed by atoms with Gasteiger partial charge in [0.2, 0.25) is 15.9 Å². The van der Waals surface area contributed by atoms with Crippen LogP contribution in [0.4, 0.5) is 11.4 Å². The van der Waals surface area contributed by atoms with E-state index >= 15 is 0 Å². The van der Waals surface area contributed by atoms with Gasteiger partial charge in [0.15, 0.2) is 0 Å². The van der Waals surface area contributed by atoms with E-state index in [1.165, 1.54) is 6.42 Å². The quantitative estimate of drug-likeness (QED) is 0.695. The zero-order valence-corrected chi connectivity index (χ0v) is 14.8. The average molecular weight is 362 g/mol. The van der Waals surface area contributed by atoms with Crippen LogP contribution in [0, 0.1) is 0 Å². The maximum Gasteiger partial charge on any atom is 0.232 e. The largest absolute Gasteiger partial charge is 0.326 e. The lowest BCUT2D eigenvalue weighted by Gasteiger charge is -2.11. The molecule has 0 saturated carbocycles. The first kappa shape index (κ1) is 19.7. The zero-order valence-electron chi connectivity index (χ0n) is 13.2. The van der Waals surface area contributed by atoms with Crippen LogP contribution in [0.15, 0.2) is 24.3 Å². The summed E-state index contributed by atoms with van der Waals surface area (Å²) < 4.78 is 25.4. The van der Waals surface area contributed by atoms with Gasteiger partial charge in [-0.25, -0.2) is 8.42 Å². The van der Waals surface area contributed by atoms with Crippen LogP contribution in [-0.2, 0) is 14.8 Å². The second kappa shape index (κ2) is 9.10. The lowest BCUT2D eigenvalue weighted by molar-refractivity contribution is -0.116. The molecule has 1 unspecified atom stereocenters. The van der Waals surface area contributed by atoms with Gasteiger partial charge in [-0.1, -0.05) is 0 Å². The Hall–Kier alpha value is -1.31. The third kappa shape index (κ3) is 6.76. The summed E-state index contributed by atoms with van der Waals surface area (Å²) in [6, 6.07) is 7.12. The van der Waals surface area contributed by atoms with Crippen molar-refractivity contribution in [2.75, 3.05) is 22.3 Å². The van der Waals surface area contributed by atoms with Crippen LogP contribution in [0.5, 0.6) is 0 Å². The highest BCUT2D eigenvalue weighted by molar-refractivity contribution is 7.92. The topological polar surface area (TPSA) is 87.3 Å². The molecular weight excluding hydrogens is 338 g/mol. The van der Waals surface area contributed by atoms with Crippen LogP contribution < -0.4 is 15.4 Å². The summed E-state index contributed by atoms with van der Waals surface area (Å²) in [5.41, 5.74) is 1.17. The summed E-state index contributed by atoms with van der Waals surface area (Å²) in [6.07, 6.45) is 3.66. The molecule has 6 nitrogen and oxygen atoms in total.